The summed E-state index contributed by atoms with van der Waals surface area (Å²) in [4.78, 5) is 12.0. The summed E-state index contributed by atoms with van der Waals surface area (Å²) >= 11 is 0. The van der Waals surface area contributed by atoms with Crippen LogP contribution in [0.25, 0.3) is 0 Å². The predicted molar refractivity (Wildman–Crippen MR) is 59.4 cm³/mol. The second-order valence-corrected chi connectivity index (χ2v) is 4.58. The Morgan fingerprint density at radius 3 is 3.19 bits per heavy atom. The average Bonchev–Trinajstić information content (AvgIpc) is 2.90. The molecule has 2 N–H and O–H groups in total. The third kappa shape index (κ3) is 1.70. The molecule has 2 aliphatic heterocycles. The van der Waals surface area contributed by atoms with Crippen molar-refractivity contribution in [3.63, 3.8) is 0 Å². The van der Waals surface area contributed by atoms with Crippen LogP contribution in [0.1, 0.15) is 24.1 Å². The smallest absolute Gasteiger partial charge is 0.272 e. The van der Waals surface area contributed by atoms with E-state index in [1.54, 1.807) is 4.68 Å². The van der Waals surface area contributed by atoms with Crippen LogP contribution in [0.5, 0.6) is 0 Å². The third-order valence-electron chi connectivity index (χ3n) is 3.45. The van der Waals surface area contributed by atoms with Gasteiger partial charge in [-0.05, 0) is 19.4 Å². The van der Waals surface area contributed by atoms with Crippen LogP contribution in [0.4, 0.5) is 0 Å². The molecule has 88 valence electrons. The van der Waals surface area contributed by atoms with E-state index in [4.69, 9.17) is 4.74 Å². The van der Waals surface area contributed by atoms with Crippen molar-refractivity contribution in [2.24, 2.45) is 0 Å². The molecular formula is C11H17N3O2. The maximum atomic E-state index is 12.0. The average molecular weight is 223 g/mol. The maximum absolute atomic E-state index is 12.0. The molecule has 5 heteroatoms. The standard InChI is InChI=1S/C11H17N3O2/c15-11-9-7-16-5-3-10(9)13-14(11)6-8-2-1-4-12-8/h8,12-13H,1-7H2. The summed E-state index contributed by atoms with van der Waals surface area (Å²) < 4.78 is 7.05. The van der Waals surface area contributed by atoms with E-state index in [1.165, 1.54) is 6.42 Å². The summed E-state index contributed by atoms with van der Waals surface area (Å²) in [5.41, 5.74) is 1.99. The summed E-state index contributed by atoms with van der Waals surface area (Å²) in [5.74, 6) is 0. The molecule has 0 radical (unpaired) electrons. The Morgan fingerprint density at radius 1 is 1.50 bits per heavy atom. The fourth-order valence-corrected chi connectivity index (χ4v) is 2.54. The molecule has 2 aliphatic rings. The summed E-state index contributed by atoms with van der Waals surface area (Å²) in [6, 6.07) is 0.443. The van der Waals surface area contributed by atoms with Crippen molar-refractivity contribution >= 4 is 0 Å². The lowest BCUT2D eigenvalue weighted by atomic mass is 10.2. The number of hydrogen-bond donors (Lipinski definition) is 2. The topological polar surface area (TPSA) is 59.0 Å². The number of nitrogens with zero attached hydrogens (tertiary/aromatic N) is 1. The van der Waals surface area contributed by atoms with E-state index >= 15 is 0 Å². The minimum Gasteiger partial charge on any atom is -0.376 e. The van der Waals surface area contributed by atoms with Crippen molar-refractivity contribution < 1.29 is 4.74 Å². The predicted octanol–water partition coefficient (Wildman–Crippen LogP) is 0.00110. The second kappa shape index (κ2) is 4.07. The van der Waals surface area contributed by atoms with Crippen molar-refractivity contribution in [1.29, 1.82) is 0 Å². The van der Waals surface area contributed by atoms with Crippen LogP contribution in [0.3, 0.4) is 0 Å². The van der Waals surface area contributed by atoms with E-state index in [1.807, 2.05) is 0 Å². The molecule has 5 nitrogen and oxygen atoms in total. The highest BCUT2D eigenvalue weighted by atomic mass is 16.5. The Bertz CT molecular complexity index is 429. The van der Waals surface area contributed by atoms with Gasteiger partial charge in [0.1, 0.15) is 0 Å². The molecule has 1 unspecified atom stereocenters. The van der Waals surface area contributed by atoms with Gasteiger partial charge in [-0.3, -0.25) is 14.6 Å². The van der Waals surface area contributed by atoms with Crippen LogP contribution in [0, 0.1) is 0 Å². The van der Waals surface area contributed by atoms with Crippen LogP contribution in [-0.2, 0) is 24.3 Å². The lowest BCUT2D eigenvalue weighted by Crippen LogP contribution is -2.32. The minimum absolute atomic E-state index is 0.100. The summed E-state index contributed by atoms with van der Waals surface area (Å²) in [7, 11) is 0. The molecule has 0 saturated carbocycles. The van der Waals surface area contributed by atoms with Crippen LogP contribution in [0.2, 0.25) is 0 Å². The SMILES string of the molecule is O=c1c2c([nH]n1CC1CCCN1)CCOC2. The highest BCUT2D eigenvalue weighted by Gasteiger charge is 2.21. The molecule has 0 amide bonds. The first kappa shape index (κ1) is 10.1. The molecule has 16 heavy (non-hydrogen) atoms. The zero-order valence-electron chi connectivity index (χ0n) is 9.29. The summed E-state index contributed by atoms with van der Waals surface area (Å²) in [5, 5.41) is 6.61. The fourth-order valence-electron chi connectivity index (χ4n) is 2.54. The van der Waals surface area contributed by atoms with E-state index in [-0.39, 0.29) is 5.56 Å². The maximum Gasteiger partial charge on any atom is 0.272 e. The quantitative estimate of drug-likeness (QED) is 0.742. The Kier molecular flexibility index (Phi) is 2.57. The van der Waals surface area contributed by atoms with Gasteiger partial charge in [-0.2, -0.15) is 0 Å². The zero-order valence-corrected chi connectivity index (χ0v) is 9.29. The van der Waals surface area contributed by atoms with Gasteiger partial charge in [0, 0.05) is 18.2 Å². The molecule has 1 aromatic heterocycles. The number of ether oxygens (including phenoxy) is 1. The number of aromatic amines is 1. The van der Waals surface area contributed by atoms with Crippen molar-refractivity contribution in [1.82, 2.24) is 15.1 Å². The molecule has 0 bridgehead atoms. The van der Waals surface area contributed by atoms with Gasteiger partial charge in [0.2, 0.25) is 0 Å². The highest BCUT2D eigenvalue weighted by Crippen LogP contribution is 2.12. The van der Waals surface area contributed by atoms with E-state index in [9.17, 15) is 4.79 Å². The first-order valence-electron chi connectivity index (χ1n) is 5.96. The number of H-pyrrole nitrogens is 1. The number of aromatic nitrogens is 2. The van der Waals surface area contributed by atoms with Gasteiger partial charge >= 0.3 is 0 Å². The lowest BCUT2D eigenvalue weighted by Gasteiger charge is -2.10. The number of rotatable bonds is 2. The minimum atomic E-state index is 0.100. The lowest BCUT2D eigenvalue weighted by molar-refractivity contribution is 0.109. The Labute approximate surface area is 93.8 Å². The second-order valence-electron chi connectivity index (χ2n) is 4.58. The third-order valence-corrected chi connectivity index (χ3v) is 3.45. The number of hydrogen-bond acceptors (Lipinski definition) is 3. The van der Waals surface area contributed by atoms with E-state index in [2.05, 4.69) is 10.4 Å². The largest absolute Gasteiger partial charge is 0.376 e. The molecule has 3 heterocycles. The van der Waals surface area contributed by atoms with Gasteiger partial charge in [0.25, 0.3) is 5.56 Å². The van der Waals surface area contributed by atoms with Crippen molar-refractivity contribution in [2.45, 2.75) is 38.5 Å². The first-order chi connectivity index (χ1) is 7.84. The van der Waals surface area contributed by atoms with Crippen LogP contribution in [0.15, 0.2) is 4.79 Å². The van der Waals surface area contributed by atoms with Crippen molar-refractivity contribution in [3.05, 3.63) is 21.6 Å². The van der Waals surface area contributed by atoms with Crippen LogP contribution < -0.4 is 10.9 Å². The Morgan fingerprint density at radius 2 is 2.44 bits per heavy atom. The van der Waals surface area contributed by atoms with Crippen LogP contribution >= 0.6 is 0 Å². The van der Waals surface area contributed by atoms with Gasteiger partial charge in [-0.25, -0.2) is 0 Å². The molecule has 0 spiro atoms. The van der Waals surface area contributed by atoms with Gasteiger partial charge < -0.3 is 10.1 Å². The van der Waals surface area contributed by atoms with E-state index in [0.29, 0.717) is 19.3 Å². The molecule has 3 rings (SSSR count). The fraction of sp³-hybridized carbons (Fsp3) is 0.727. The zero-order chi connectivity index (χ0) is 11.0. The molecule has 0 aromatic carbocycles. The van der Waals surface area contributed by atoms with E-state index in [0.717, 1.165) is 37.2 Å². The Hall–Kier alpha value is -1.07. The summed E-state index contributed by atoms with van der Waals surface area (Å²) in [6.45, 7) is 3.01. The monoisotopic (exact) mass is 223 g/mol. The molecule has 1 saturated heterocycles. The number of nitrogens with one attached hydrogen (secondary N) is 2. The summed E-state index contributed by atoms with van der Waals surface area (Å²) in [6.07, 6.45) is 3.20. The first-order valence-corrected chi connectivity index (χ1v) is 5.96. The van der Waals surface area contributed by atoms with Gasteiger partial charge in [0.15, 0.2) is 0 Å². The normalized spacial score (nSPS) is 24.6. The van der Waals surface area contributed by atoms with Crippen LogP contribution in [-0.4, -0.2) is 29.0 Å². The molecule has 1 atom stereocenters. The van der Waals surface area contributed by atoms with Crippen molar-refractivity contribution in [3.8, 4) is 0 Å². The molecular weight excluding hydrogens is 206 g/mol. The van der Waals surface area contributed by atoms with Gasteiger partial charge in [0.05, 0.1) is 25.3 Å². The number of fused-ring (bicyclic) bond motifs is 1. The molecule has 0 aliphatic carbocycles. The van der Waals surface area contributed by atoms with E-state index < -0.39 is 0 Å². The van der Waals surface area contributed by atoms with Gasteiger partial charge in [-0.15, -0.1) is 0 Å². The molecule has 1 fully saturated rings. The highest BCUT2D eigenvalue weighted by molar-refractivity contribution is 5.18. The van der Waals surface area contributed by atoms with Gasteiger partial charge in [-0.1, -0.05) is 0 Å². The van der Waals surface area contributed by atoms with Crippen molar-refractivity contribution in [2.75, 3.05) is 13.2 Å². The molecule has 1 aromatic rings. The Balaban J connectivity index is 1.84.